The van der Waals surface area contributed by atoms with E-state index in [0.717, 1.165) is 11.3 Å². The summed E-state index contributed by atoms with van der Waals surface area (Å²) in [5.41, 5.74) is 8.17. The number of rotatable bonds is 4. The number of aromatic nitrogens is 1. The number of ether oxygens (including phenoxy) is 1. The molecule has 0 radical (unpaired) electrons. The van der Waals surface area contributed by atoms with E-state index >= 15 is 0 Å². The van der Waals surface area contributed by atoms with E-state index in [2.05, 4.69) is 9.88 Å². The second kappa shape index (κ2) is 4.77. The standard InChI is InChI=1S/C13H19N3O/c1-16(2)13(7-14)11-8-15-12-5-4-9(17-3)6-10(11)12/h4-6,8,13,15H,7,14H2,1-3H3. The summed E-state index contributed by atoms with van der Waals surface area (Å²) in [6.07, 6.45) is 2.03. The number of nitrogens with one attached hydrogen (secondary N) is 1. The van der Waals surface area contributed by atoms with Crippen molar-refractivity contribution in [2.75, 3.05) is 27.7 Å². The van der Waals surface area contributed by atoms with E-state index in [1.807, 2.05) is 38.5 Å². The Morgan fingerprint density at radius 2 is 2.18 bits per heavy atom. The van der Waals surface area contributed by atoms with Gasteiger partial charge in [-0.15, -0.1) is 0 Å². The van der Waals surface area contributed by atoms with Gasteiger partial charge in [-0.2, -0.15) is 0 Å². The van der Waals surface area contributed by atoms with Crippen LogP contribution in [0.4, 0.5) is 0 Å². The van der Waals surface area contributed by atoms with Crippen molar-refractivity contribution in [3.05, 3.63) is 30.0 Å². The summed E-state index contributed by atoms with van der Waals surface area (Å²) in [4.78, 5) is 5.40. The molecule has 1 heterocycles. The molecule has 17 heavy (non-hydrogen) atoms. The first-order valence-electron chi connectivity index (χ1n) is 5.69. The summed E-state index contributed by atoms with van der Waals surface area (Å²) in [6.45, 7) is 0.594. The first-order valence-corrected chi connectivity index (χ1v) is 5.69. The lowest BCUT2D eigenvalue weighted by atomic mass is 10.0. The van der Waals surface area contributed by atoms with Gasteiger partial charge in [0.25, 0.3) is 0 Å². The number of methoxy groups -OCH3 is 1. The zero-order chi connectivity index (χ0) is 12.4. The summed E-state index contributed by atoms with van der Waals surface area (Å²) in [6, 6.07) is 6.25. The number of aromatic amines is 1. The van der Waals surface area contributed by atoms with Crippen LogP contribution in [-0.2, 0) is 0 Å². The predicted octanol–water partition coefficient (Wildman–Crippen LogP) is 1.74. The summed E-state index contributed by atoms with van der Waals surface area (Å²) in [5, 5.41) is 1.17. The van der Waals surface area contributed by atoms with Crippen molar-refractivity contribution in [3.8, 4) is 5.75 Å². The Labute approximate surface area is 101 Å². The summed E-state index contributed by atoms with van der Waals surface area (Å²) in [5.74, 6) is 0.868. The van der Waals surface area contributed by atoms with Crippen molar-refractivity contribution in [3.63, 3.8) is 0 Å². The molecule has 2 rings (SSSR count). The lowest BCUT2D eigenvalue weighted by Gasteiger charge is -2.22. The molecule has 4 heteroatoms. The lowest BCUT2D eigenvalue weighted by molar-refractivity contribution is 0.307. The average molecular weight is 233 g/mol. The SMILES string of the molecule is COc1ccc2[nH]cc(C(CN)N(C)C)c2c1. The van der Waals surface area contributed by atoms with E-state index in [1.54, 1.807) is 7.11 Å². The van der Waals surface area contributed by atoms with E-state index in [0.29, 0.717) is 6.54 Å². The van der Waals surface area contributed by atoms with Gasteiger partial charge in [0, 0.05) is 29.7 Å². The molecule has 0 aliphatic rings. The van der Waals surface area contributed by atoms with Crippen LogP contribution in [-0.4, -0.2) is 37.6 Å². The van der Waals surface area contributed by atoms with Crippen LogP contribution in [0.15, 0.2) is 24.4 Å². The van der Waals surface area contributed by atoms with Gasteiger partial charge in [-0.25, -0.2) is 0 Å². The Kier molecular flexibility index (Phi) is 3.36. The van der Waals surface area contributed by atoms with Crippen molar-refractivity contribution in [2.45, 2.75) is 6.04 Å². The lowest BCUT2D eigenvalue weighted by Crippen LogP contribution is -2.26. The Morgan fingerprint density at radius 3 is 2.76 bits per heavy atom. The number of fused-ring (bicyclic) bond motifs is 1. The number of benzene rings is 1. The van der Waals surface area contributed by atoms with Crippen LogP contribution in [0.5, 0.6) is 5.75 Å². The summed E-state index contributed by atoms with van der Waals surface area (Å²) in [7, 11) is 5.76. The zero-order valence-corrected chi connectivity index (χ0v) is 10.5. The number of H-pyrrole nitrogens is 1. The quantitative estimate of drug-likeness (QED) is 0.845. The van der Waals surface area contributed by atoms with Crippen LogP contribution in [0.1, 0.15) is 11.6 Å². The molecule has 0 bridgehead atoms. The van der Waals surface area contributed by atoms with E-state index in [9.17, 15) is 0 Å². The number of hydrogen-bond acceptors (Lipinski definition) is 3. The average Bonchev–Trinajstić information content (AvgIpc) is 2.73. The zero-order valence-electron chi connectivity index (χ0n) is 10.5. The van der Waals surface area contributed by atoms with Gasteiger partial charge >= 0.3 is 0 Å². The molecule has 0 aliphatic heterocycles. The van der Waals surface area contributed by atoms with Gasteiger partial charge in [0.15, 0.2) is 0 Å². The van der Waals surface area contributed by atoms with Crippen LogP contribution < -0.4 is 10.5 Å². The smallest absolute Gasteiger partial charge is 0.119 e. The first-order chi connectivity index (χ1) is 8.17. The fourth-order valence-electron chi connectivity index (χ4n) is 2.14. The van der Waals surface area contributed by atoms with E-state index < -0.39 is 0 Å². The Hall–Kier alpha value is -1.52. The van der Waals surface area contributed by atoms with Crippen molar-refractivity contribution in [1.82, 2.24) is 9.88 Å². The molecular formula is C13H19N3O. The fourth-order valence-corrected chi connectivity index (χ4v) is 2.14. The third kappa shape index (κ3) is 2.14. The minimum absolute atomic E-state index is 0.218. The highest BCUT2D eigenvalue weighted by Gasteiger charge is 2.16. The maximum absolute atomic E-state index is 5.84. The normalized spacial score (nSPS) is 13.2. The highest BCUT2D eigenvalue weighted by Crippen LogP contribution is 2.29. The molecule has 1 aromatic carbocycles. The van der Waals surface area contributed by atoms with Crippen LogP contribution in [0.2, 0.25) is 0 Å². The van der Waals surface area contributed by atoms with E-state index in [1.165, 1.54) is 10.9 Å². The van der Waals surface area contributed by atoms with E-state index in [-0.39, 0.29) is 6.04 Å². The van der Waals surface area contributed by atoms with Crippen molar-refractivity contribution in [1.29, 1.82) is 0 Å². The Bertz CT molecular complexity index is 504. The molecule has 1 unspecified atom stereocenters. The topological polar surface area (TPSA) is 54.3 Å². The van der Waals surface area contributed by atoms with Crippen LogP contribution in [0.3, 0.4) is 0 Å². The second-order valence-electron chi connectivity index (χ2n) is 4.37. The van der Waals surface area contributed by atoms with E-state index in [4.69, 9.17) is 10.5 Å². The first kappa shape index (κ1) is 12.0. The molecule has 92 valence electrons. The van der Waals surface area contributed by atoms with Crippen molar-refractivity contribution < 1.29 is 4.74 Å². The van der Waals surface area contributed by atoms with Gasteiger partial charge in [-0.1, -0.05) is 0 Å². The van der Waals surface area contributed by atoms with Crippen molar-refractivity contribution >= 4 is 10.9 Å². The van der Waals surface area contributed by atoms with Gasteiger partial charge in [-0.3, -0.25) is 0 Å². The van der Waals surface area contributed by atoms with Gasteiger partial charge in [0.05, 0.1) is 7.11 Å². The Morgan fingerprint density at radius 1 is 1.41 bits per heavy atom. The number of hydrogen-bond donors (Lipinski definition) is 2. The molecule has 1 aromatic heterocycles. The van der Waals surface area contributed by atoms with Gasteiger partial charge in [0.1, 0.15) is 5.75 Å². The molecule has 0 spiro atoms. The second-order valence-corrected chi connectivity index (χ2v) is 4.37. The molecule has 0 amide bonds. The van der Waals surface area contributed by atoms with Gasteiger partial charge in [0.2, 0.25) is 0 Å². The number of nitrogens with zero attached hydrogens (tertiary/aromatic N) is 1. The van der Waals surface area contributed by atoms with Crippen LogP contribution in [0.25, 0.3) is 10.9 Å². The highest BCUT2D eigenvalue weighted by molar-refractivity contribution is 5.85. The van der Waals surface area contributed by atoms with Gasteiger partial charge in [-0.05, 0) is 37.9 Å². The summed E-state index contributed by atoms with van der Waals surface area (Å²) < 4.78 is 5.26. The third-order valence-corrected chi connectivity index (χ3v) is 3.13. The highest BCUT2D eigenvalue weighted by atomic mass is 16.5. The summed E-state index contributed by atoms with van der Waals surface area (Å²) >= 11 is 0. The molecule has 0 aliphatic carbocycles. The molecule has 3 N–H and O–H groups in total. The van der Waals surface area contributed by atoms with Crippen LogP contribution >= 0.6 is 0 Å². The third-order valence-electron chi connectivity index (χ3n) is 3.13. The van der Waals surface area contributed by atoms with Gasteiger partial charge < -0.3 is 20.4 Å². The maximum Gasteiger partial charge on any atom is 0.119 e. The minimum Gasteiger partial charge on any atom is -0.497 e. The molecule has 0 saturated carbocycles. The fraction of sp³-hybridized carbons (Fsp3) is 0.385. The minimum atomic E-state index is 0.218. The molecule has 4 nitrogen and oxygen atoms in total. The largest absolute Gasteiger partial charge is 0.497 e. The Balaban J connectivity index is 2.53. The molecular weight excluding hydrogens is 214 g/mol. The molecule has 1 atom stereocenters. The maximum atomic E-state index is 5.84. The van der Waals surface area contributed by atoms with Crippen molar-refractivity contribution in [2.24, 2.45) is 5.73 Å². The molecule has 2 aromatic rings. The molecule has 0 saturated heterocycles. The number of nitrogens with two attached hydrogens (primary N) is 1. The monoisotopic (exact) mass is 233 g/mol. The predicted molar refractivity (Wildman–Crippen MR) is 70.3 cm³/mol. The number of likely N-dealkylation sites (N-methyl/N-ethyl adjacent to an activating group) is 1. The van der Waals surface area contributed by atoms with Crippen LogP contribution in [0, 0.1) is 0 Å². The molecule has 0 fully saturated rings.